The van der Waals surface area contributed by atoms with E-state index >= 15 is 0 Å². The van der Waals surface area contributed by atoms with Gasteiger partial charge in [0.1, 0.15) is 0 Å². The third-order valence-corrected chi connectivity index (χ3v) is 18.3. The monoisotopic (exact) mass is 860 g/mol. The molecule has 7 aromatic carbocycles. The first-order valence-electron chi connectivity index (χ1n) is 25.0. The molecule has 0 radical (unpaired) electrons. The van der Waals surface area contributed by atoms with Gasteiger partial charge in [0, 0.05) is 67.7 Å². The maximum Gasteiger partial charge on any atom is 0.252 e. The van der Waals surface area contributed by atoms with Crippen LogP contribution in [-0.2, 0) is 10.8 Å². The number of rotatable bonds is 5. The molecule has 7 aromatic rings. The number of para-hydroxylation sites is 4. The molecule has 0 N–H and O–H groups in total. The topological polar surface area (TPSA) is 13.0 Å². The van der Waals surface area contributed by atoms with Crippen LogP contribution in [0.25, 0.3) is 0 Å². The van der Waals surface area contributed by atoms with Crippen molar-refractivity contribution >= 4 is 80.0 Å². The van der Waals surface area contributed by atoms with Crippen LogP contribution < -0.4 is 36.0 Å². The van der Waals surface area contributed by atoms with Crippen molar-refractivity contribution in [3.05, 3.63) is 174 Å². The molecule has 2 fully saturated rings. The summed E-state index contributed by atoms with van der Waals surface area (Å²) in [4.78, 5) is 10.8. The Morgan fingerprint density at radius 2 is 0.909 bits per heavy atom. The van der Waals surface area contributed by atoms with Crippen molar-refractivity contribution in [2.75, 3.05) is 19.6 Å². The van der Waals surface area contributed by atoms with Gasteiger partial charge in [-0.25, -0.2) is 0 Å². The van der Waals surface area contributed by atoms with E-state index in [2.05, 4.69) is 219 Å². The van der Waals surface area contributed by atoms with E-state index in [0.717, 1.165) is 0 Å². The van der Waals surface area contributed by atoms with Crippen LogP contribution in [0, 0.1) is 0 Å². The van der Waals surface area contributed by atoms with E-state index in [0.29, 0.717) is 5.92 Å². The van der Waals surface area contributed by atoms with E-state index in [-0.39, 0.29) is 28.6 Å². The van der Waals surface area contributed by atoms with Crippen LogP contribution in [0.4, 0.5) is 56.9 Å². The lowest BCUT2D eigenvalue weighted by Crippen LogP contribution is -2.61. The average molecular weight is 861 g/mol. The van der Waals surface area contributed by atoms with Gasteiger partial charge in [0.15, 0.2) is 0 Å². The second kappa shape index (κ2) is 14.2. The van der Waals surface area contributed by atoms with Gasteiger partial charge in [-0.2, -0.15) is 0 Å². The van der Waals surface area contributed by atoms with E-state index in [1.165, 1.54) is 141 Å². The summed E-state index contributed by atoms with van der Waals surface area (Å²) < 4.78 is 0. The van der Waals surface area contributed by atoms with Gasteiger partial charge >= 0.3 is 0 Å². The summed E-state index contributed by atoms with van der Waals surface area (Å²) >= 11 is 0. The Morgan fingerprint density at radius 1 is 0.409 bits per heavy atom. The molecule has 4 heterocycles. The lowest BCUT2D eigenvalue weighted by molar-refractivity contribution is 0.195. The predicted octanol–water partition coefficient (Wildman–Crippen LogP) is 14.4. The van der Waals surface area contributed by atoms with Crippen LogP contribution in [-0.4, -0.2) is 17.8 Å². The van der Waals surface area contributed by atoms with Gasteiger partial charge in [-0.15, -0.1) is 0 Å². The highest BCUT2D eigenvalue weighted by Crippen LogP contribution is 2.63. The fourth-order valence-electron chi connectivity index (χ4n) is 14.5. The second-order valence-corrected chi connectivity index (χ2v) is 21.7. The second-order valence-electron chi connectivity index (χ2n) is 21.7. The molecule has 2 aliphatic carbocycles. The first-order valence-corrected chi connectivity index (χ1v) is 25.0. The molecule has 4 unspecified atom stereocenters. The molecule has 0 spiro atoms. The molecule has 66 heavy (non-hydrogen) atoms. The van der Waals surface area contributed by atoms with E-state index in [1.54, 1.807) is 0 Å². The van der Waals surface area contributed by atoms with E-state index in [9.17, 15) is 0 Å². The Labute approximate surface area is 393 Å². The lowest BCUT2D eigenvalue weighted by atomic mass is 9.33. The minimum atomic E-state index is -0.0570. The minimum absolute atomic E-state index is 0.0156. The number of hydrogen-bond acceptors (Lipinski definition) is 4. The summed E-state index contributed by atoms with van der Waals surface area (Å²) in [6.45, 7) is 15.0. The molecule has 328 valence electrons. The number of nitrogens with zero attached hydrogens (tertiary/aromatic N) is 4. The highest BCUT2D eigenvalue weighted by atomic mass is 15.3. The first kappa shape index (κ1) is 40.1. The average Bonchev–Trinajstić information content (AvgIpc) is 3.68. The van der Waals surface area contributed by atoms with Crippen molar-refractivity contribution in [1.82, 2.24) is 0 Å². The number of fused-ring (bicyclic) bond motifs is 10. The highest BCUT2D eigenvalue weighted by molar-refractivity contribution is 7.00. The van der Waals surface area contributed by atoms with Crippen molar-refractivity contribution in [2.24, 2.45) is 0 Å². The van der Waals surface area contributed by atoms with Gasteiger partial charge in [0.05, 0.1) is 11.1 Å². The standard InChI is InChI=1S/C61H61BN4/c1-41(2)42-36-55-57-56(37-42)64(44-24-12-8-13-25-44)54-39-48-52(65(45-26-14-9-15-27-45)61(6)35-21-19-33-59(48,61)4)40-50(54)62(57)49-31-30-46(38-53(49)63(55)43-22-10-7-11-23-43)66-51-29-17-16-28-47(51)58(3)32-18-20-34-60(58,66)5/h7-17,22-31,36-41H,18-21,32-35H2,1-6H3. The Kier molecular flexibility index (Phi) is 8.60. The SMILES string of the molecule is CC(C)c1cc2c3c(c1)N(c1ccccc1)c1cc4c(cc1B3c1ccc(N3c5ccccc5C5(C)CCCCC35C)cc1N2c1ccccc1)N(c1ccccc1)C1(C)CCCCC41C. The molecule has 0 aromatic heterocycles. The Balaban J connectivity index is 1.12. The maximum absolute atomic E-state index is 2.77. The molecule has 13 rings (SSSR count). The Hall–Kier alpha value is -6.20. The highest BCUT2D eigenvalue weighted by Gasteiger charge is 2.60. The molecule has 4 atom stereocenters. The van der Waals surface area contributed by atoms with Gasteiger partial charge in [0.2, 0.25) is 0 Å². The van der Waals surface area contributed by atoms with E-state index < -0.39 is 0 Å². The largest absolute Gasteiger partial charge is 0.334 e. The quantitative estimate of drug-likeness (QED) is 0.160. The van der Waals surface area contributed by atoms with Gasteiger partial charge in [0.25, 0.3) is 6.71 Å². The maximum atomic E-state index is 2.77. The smallest absolute Gasteiger partial charge is 0.252 e. The van der Waals surface area contributed by atoms with Crippen LogP contribution in [0.15, 0.2) is 158 Å². The summed E-state index contributed by atoms with van der Waals surface area (Å²) in [5, 5.41) is 0. The number of hydrogen-bond donors (Lipinski definition) is 0. The summed E-state index contributed by atoms with van der Waals surface area (Å²) in [6.07, 6.45) is 9.78. The summed E-state index contributed by atoms with van der Waals surface area (Å²) in [6, 6.07) is 61.1. The molecule has 6 aliphatic rings. The van der Waals surface area contributed by atoms with Gasteiger partial charge in [-0.3, -0.25) is 0 Å². The molecule has 4 nitrogen and oxygen atoms in total. The molecule has 0 bridgehead atoms. The van der Waals surface area contributed by atoms with Crippen molar-refractivity contribution in [3.8, 4) is 0 Å². The van der Waals surface area contributed by atoms with Crippen LogP contribution in [0.1, 0.15) is 116 Å². The van der Waals surface area contributed by atoms with Crippen LogP contribution in [0.3, 0.4) is 0 Å². The molecule has 0 amide bonds. The molecular formula is C61H61BN4. The third-order valence-electron chi connectivity index (χ3n) is 18.3. The van der Waals surface area contributed by atoms with Crippen LogP contribution in [0.2, 0.25) is 0 Å². The summed E-state index contributed by atoms with van der Waals surface area (Å²) in [5.41, 5.74) is 21.4. The number of anilines is 10. The summed E-state index contributed by atoms with van der Waals surface area (Å²) in [5.74, 6) is 0.334. The van der Waals surface area contributed by atoms with Crippen LogP contribution >= 0.6 is 0 Å². The fraction of sp³-hybridized carbons (Fsp3) is 0.311. The lowest BCUT2D eigenvalue weighted by Gasteiger charge is -2.50. The van der Waals surface area contributed by atoms with Gasteiger partial charge < -0.3 is 19.6 Å². The predicted molar refractivity (Wildman–Crippen MR) is 280 cm³/mol. The third kappa shape index (κ3) is 5.18. The zero-order valence-corrected chi connectivity index (χ0v) is 39.6. The van der Waals surface area contributed by atoms with Crippen molar-refractivity contribution in [1.29, 1.82) is 0 Å². The Bertz CT molecular complexity index is 3080. The zero-order chi connectivity index (χ0) is 44.7. The van der Waals surface area contributed by atoms with E-state index in [4.69, 9.17) is 0 Å². The minimum Gasteiger partial charge on any atom is -0.334 e. The van der Waals surface area contributed by atoms with Gasteiger partial charge in [-0.05, 0) is 157 Å². The fourth-order valence-corrected chi connectivity index (χ4v) is 14.5. The molecular weight excluding hydrogens is 800 g/mol. The van der Waals surface area contributed by atoms with E-state index in [1.807, 2.05) is 0 Å². The zero-order valence-electron chi connectivity index (χ0n) is 39.6. The van der Waals surface area contributed by atoms with Crippen molar-refractivity contribution in [3.63, 3.8) is 0 Å². The van der Waals surface area contributed by atoms with Crippen molar-refractivity contribution in [2.45, 2.75) is 121 Å². The Morgan fingerprint density at radius 3 is 1.50 bits per heavy atom. The normalized spacial score (nSPS) is 25.5. The molecule has 0 saturated heterocycles. The van der Waals surface area contributed by atoms with Crippen molar-refractivity contribution < 1.29 is 0 Å². The molecule has 5 heteroatoms. The van der Waals surface area contributed by atoms with Gasteiger partial charge in [-0.1, -0.05) is 132 Å². The van der Waals surface area contributed by atoms with Crippen LogP contribution in [0.5, 0.6) is 0 Å². The number of benzene rings is 7. The molecule has 2 saturated carbocycles. The molecule has 4 aliphatic heterocycles. The first-order chi connectivity index (χ1) is 32.1. The summed E-state index contributed by atoms with van der Waals surface area (Å²) in [7, 11) is 0.